The zero-order valence-corrected chi connectivity index (χ0v) is 16.8. The van der Waals surface area contributed by atoms with Crippen LogP contribution in [0.4, 0.5) is 0 Å². The largest absolute Gasteiger partial charge is 0.481 e. The van der Waals surface area contributed by atoms with E-state index in [0.29, 0.717) is 35.4 Å². The van der Waals surface area contributed by atoms with Gasteiger partial charge in [0.2, 0.25) is 5.82 Å². The number of carboxylic acids is 1. The van der Waals surface area contributed by atoms with Gasteiger partial charge >= 0.3 is 5.97 Å². The van der Waals surface area contributed by atoms with Crippen LogP contribution in [0.15, 0.2) is 48.7 Å². The van der Waals surface area contributed by atoms with Crippen LogP contribution >= 0.6 is 23.2 Å². The Morgan fingerprint density at radius 2 is 1.97 bits per heavy atom. The Morgan fingerprint density at radius 1 is 1.14 bits per heavy atom. The van der Waals surface area contributed by atoms with Crippen LogP contribution < -0.4 is 0 Å². The summed E-state index contributed by atoms with van der Waals surface area (Å²) >= 11 is 12.4. The molecule has 2 heterocycles. The number of aromatic nitrogens is 5. The molecule has 0 aliphatic heterocycles. The zero-order chi connectivity index (χ0) is 20.4. The van der Waals surface area contributed by atoms with Crippen molar-refractivity contribution in [2.24, 2.45) is 0 Å². The van der Waals surface area contributed by atoms with Crippen molar-refractivity contribution in [3.05, 3.63) is 64.3 Å². The molecule has 2 aromatic heterocycles. The Hall–Kier alpha value is -2.90. The van der Waals surface area contributed by atoms with Gasteiger partial charge in [0.05, 0.1) is 6.54 Å². The molecule has 0 aliphatic rings. The molecule has 0 spiro atoms. The van der Waals surface area contributed by atoms with Crippen molar-refractivity contribution >= 4 is 40.1 Å². The van der Waals surface area contributed by atoms with Gasteiger partial charge in [-0.1, -0.05) is 47.5 Å². The number of nitrogens with zero attached hydrogens (tertiary/aromatic N) is 5. The third-order valence-corrected chi connectivity index (χ3v) is 5.17. The molecule has 0 aliphatic carbocycles. The second-order valence-corrected chi connectivity index (χ2v) is 7.47. The molecule has 1 N–H and O–H groups in total. The van der Waals surface area contributed by atoms with E-state index in [1.54, 1.807) is 6.07 Å². The summed E-state index contributed by atoms with van der Waals surface area (Å²) in [5, 5.41) is 23.6. The summed E-state index contributed by atoms with van der Waals surface area (Å²) in [5.41, 5.74) is 2.83. The number of aliphatic carboxylic acids is 1. The van der Waals surface area contributed by atoms with Gasteiger partial charge in [-0.3, -0.25) is 4.79 Å². The highest BCUT2D eigenvalue weighted by atomic mass is 35.5. The number of hydrogen-bond donors (Lipinski definition) is 1. The number of carboxylic acid groups (broad SMARTS) is 1. The summed E-state index contributed by atoms with van der Waals surface area (Å²) in [7, 11) is 0. The van der Waals surface area contributed by atoms with E-state index < -0.39 is 5.97 Å². The lowest BCUT2D eigenvalue weighted by atomic mass is 10.2. The molecular weight excluding hydrogens is 413 g/mol. The highest BCUT2D eigenvalue weighted by molar-refractivity contribution is 6.35. The molecule has 0 saturated carbocycles. The molecule has 4 rings (SSSR count). The van der Waals surface area contributed by atoms with Crippen LogP contribution in [-0.4, -0.2) is 35.9 Å². The molecule has 7 nitrogen and oxygen atoms in total. The molecule has 2 aromatic carbocycles. The molecular formula is C20H17Cl2N5O2. The van der Waals surface area contributed by atoms with E-state index in [0.717, 1.165) is 22.0 Å². The molecule has 0 amide bonds. The fourth-order valence-electron chi connectivity index (χ4n) is 3.21. The van der Waals surface area contributed by atoms with Crippen molar-refractivity contribution in [1.82, 2.24) is 24.8 Å². The highest BCUT2D eigenvalue weighted by Gasteiger charge is 2.15. The summed E-state index contributed by atoms with van der Waals surface area (Å²) in [6.45, 7) is 0.974. The lowest BCUT2D eigenvalue weighted by Crippen LogP contribution is -2.05. The van der Waals surface area contributed by atoms with Crippen LogP contribution in [0.1, 0.15) is 18.4 Å². The summed E-state index contributed by atoms with van der Waals surface area (Å²) in [4.78, 5) is 12.1. The van der Waals surface area contributed by atoms with Crippen molar-refractivity contribution in [1.29, 1.82) is 0 Å². The molecule has 4 aromatic rings. The Labute approximate surface area is 176 Å². The molecule has 0 fully saturated rings. The van der Waals surface area contributed by atoms with Crippen LogP contribution in [0.2, 0.25) is 10.0 Å². The topological polar surface area (TPSA) is 85.8 Å². The van der Waals surface area contributed by atoms with Crippen molar-refractivity contribution in [2.75, 3.05) is 0 Å². The smallest absolute Gasteiger partial charge is 0.303 e. The number of carbonyl (C=O) groups is 1. The summed E-state index contributed by atoms with van der Waals surface area (Å²) in [5.74, 6) is -0.341. The van der Waals surface area contributed by atoms with Crippen molar-refractivity contribution in [3.8, 4) is 11.4 Å². The number of halogens is 2. The highest BCUT2D eigenvalue weighted by Crippen LogP contribution is 2.30. The number of aryl methyl sites for hydroxylation is 1. The summed E-state index contributed by atoms with van der Waals surface area (Å²) < 4.78 is 2.09. The van der Waals surface area contributed by atoms with E-state index in [1.807, 2.05) is 42.6 Å². The molecule has 29 heavy (non-hydrogen) atoms. The normalized spacial score (nSPS) is 11.2. The van der Waals surface area contributed by atoms with Gasteiger partial charge in [-0.15, -0.1) is 10.2 Å². The Morgan fingerprint density at radius 3 is 2.76 bits per heavy atom. The van der Waals surface area contributed by atoms with Crippen molar-refractivity contribution in [3.63, 3.8) is 0 Å². The minimum absolute atomic E-state index is 0.0675. The van der Waals surface area contributed by atoms with Gasteiger partial charge in [-0.05, 0) is 35.4 Å². The average Bonchev–Trinajstić information content (AvgIpc) is 3.29. The van der Waals surface area contributed by atoms with Gasteiger partial charge < -0.3 is 9.67 Å². The predicted octanol–water partition coefficient (Wildman–Crippen LogP) is 4.51. The van der Waals surface area contributed by atoms with E-state index in [-0.39, 0.29) is 6.42 Å². The minimum Gasteiger partial charge on any atom is -0.481 e. The van der Waals surface area contributed by atoms with Gasteiger partial charge in [-0.25, -0.2) is 0 Å². The monoisotopic (exact) mass is 429 g/mol. The maximum Gasteiger partial charge on any atom is 0.303 e. The second kappa shape index (κ2) is 8.23. The SMILES string of the molecule is O=C(O)CCCn1nnc(-c2cn(Cc3ccc(Cl)cc3Cl)c3ccccc23)n1. The van der Waals surface area contributed by atoms with Crippen molar-refractivity contribution < 1.29 is 9.90 Å². The maximum atomic E-state index is 10.7. The molecule has 0 saturated heterocycles. The first-order valence-electron chi connectivity index (χ1n) is 9.03. The minimum atomic E-state index is -0.839. The van der Waals surface area contributed by atoms with Crippen LogP contribution in [0.3, 0.4) is 0 Å². The van der Waals surface area contributed by atoms with E-state index in [4.69, 9.17) is 28.3 Å². The van der Waals surface area contributed by atoms with E-state index in [2.05, 4.69) is 20.0 Å². The number of benzene rings is 2. The molecule has 0 bridgehead atoms. The maximum absolute atomic E-state index is 10.7. The van der Waals surface area contributed by atoms with Crippen LogP contribution in [0, 0.1) is 0 Å². The van der Waals surface area contributed by atoms with E-state index >= 15 is 0 Å². The Bertz CT molecular complexity index is 1180. The van der Waals surface area contributed by atoms with Gasteiger partial charge in [0.25, 0.3) is 0 Å². The summed E-state index contributed by atoms with van der Waals surface area (Å²) in [6.07, 6.45) is 2.49. The number of tetrazole rings is 1. The predicted molar refractivity (Wildman–Crippen MR) is 111 cm³/mol. The lowest BCUT2D eigenvalue weighted by molar-refractivity contribution is -0.137. The van der Waals surface area contributed by atoms with Gasteiger partial charge in [0.1, 0.15) is 0 Å². The Balaban J connectivity index is 1.66. The van der Waals surface area contributed by atoms with Crippen LogP contribution in [-0.2, 0) is 17.9 Å². The molecule has 0 unspecified atom stereocenters. The average molecular weight is 430 g/mol. The fraction of sp³-hybridized carbons (Fsp3) is 0.200. The summed E-state index contributed by atoms with van der Waals surface area (Å²) in [6, 6.07) is 13.4. The molecule has 148 valence electrons. The van der Waals surface area contributed by atoms with Crippen molar-refractivity contribution in [2.45, 2.75) is 25.9 Å². The lowest BCUT2D eigenvalue weighted by Gasteiger charge is -2.08. The van der Waals surface area contributed by atoms with Gasteiger partial charge in [0.15, 0.2) is 0 Å². The first-order valence-corrected chi connectivity index (χ1v) is 9.78. The number of hydrogen-bond acceptors (Lipinski definition) is 4. The van der Waals surface area contributed by atoms with Crippen LogP contribution in [0.25, 0.3) is 22.3 Å². The van der Waals surface area contributed by atoms with Crippen LogP contribution in [0.5, 0.6) is 0 Å². The first-order chi connectivity index (χ1) is 14.0. The molecule has 9 heteroatoms. The van der Waals surface area contributed by atoms with E-state index in [9.17, 15) is 4.79 Å². The third kappa shape index (κ3) is 4.26. The number of rotatable bonds is 7. The third-order valence-electron chi connectivity index (χ3n) is 4.59. The Kier molecular flexibility index (Phi) is 5.51. The molecule has 0 radical (unpaired) electrons. The second-order valence-electron chi connectivity index (χ2n) is 6.63. The number of para-hydroxylation sites is 1. The van der Waals surface area contributed by atoms with Gasteiger partial charge in [-0.2, -0.15) is 4.80 Å². The number of fused-ring (bicyclic) bond motifs is 1. The fourth-order valence-corrected chi connectivity index (χ4v) is 3.67. The van der Waals surface area contributed by atoms with Gasteiger partial charge in [0, 0.05) is 45.7 Å². The van der Waals surface area contributed by atoms with E-state index in [1.165, 1.54) is 4.80 Å². The standard InChI is InChI=1S/C20H17Cl2N5O2/c21-14-8-7-13(17(22)10-14)11-26-12-16(15-4-1-2-5-18(15)26)20-23-25-27(24-20)9-3-6-19(28)29/h1-2,4-5,7-8,10,12H,3,6,9,11H2,(H,28,29). The molecule has 0 atom stereocenters. The zero-order valence-electron chi connectivity index (χ0n) is 15.3. The first kappa shape index (κ1) is 19.4. The quantitative estimate of drug-likeness (QED) is 0.466.